The summed E-state index contributed by atoms with van der Waals surface area (Å²) in [4.78, 5) is 0. The highest BCUT2D eigenvalue weighted by atomic mass is 35.5. The molecule has 0 bridgehead atoms. The molecule has 1 aromatic rings. The van der Waals surface area contributed by atoms with Crippen LogP contribution in [0.15, 0.2) is 11.6 Å². The van der Waals surface area contributed by atoms with E-state index in [4.69, 9.17) is 21.1 Å². The largest absolute Gasteiger partial charge is 0.496 e. The summed E-state index contributed by atoms with van der Waals surface area (Å²) >= 11 is 5.75. The third-order valence-corrected chi connectivity index (χ3v) is 4.79. The lowest BCUT2D eigenvalue weighted by atomic mass is 9.92. The molecule has 0 atom stereocenters. The molecule has 0 radical (unpaired) electrons. The van der Waals surface area contributed by atoms with Crippen molar-refractivity contribution in [2.75, 3.05) is 20.1 Å². The van der Waals surface area contributed by atoms with Crippen LogP contribution in [0, 0.1) is 13.8 Å². The maximum Gasteiger partial charge on any atom is 0.126 e. The summed E-state index contributed by atoms with van der Waals surface area (Å²) in [6.45, 7) is 8.58. The van der Waals surface area contributed by atoms with E-state index in [-0.39, 0.29) is 0 Å². The molecular formula is C20H31ClO2. The fraction of sp³-hybridized carbons (Fsp3) is 0.600. The molecule has 0 aliphatic rings. The molecule has 130 valence electrons. The maximum absolute atomic E-state index is 5.75. The average molecular weight is 339 g/mol. The molecule has 0 saturated carbocycles. The molecule has 0 aromatic heterocycles. The third kappa shape index (κ3) is 4.91. The number of hydrogen-bond acceptors (Lipinski definition) is 2. The van der Waals surface area contributed by atoms with Crippen LogP contribution in [0.1, 0.15) is 55.4 Å². The first-order valence-corrected chi connectivity index (χ1v) is 8.99. The molecule has 0 N–H and O–H groups in total. The molecule has 0 spiro atoms. The summed E-state index contributed by atoms with van der Waals surface area (Å²) in [5.74, 6) is 2.76. The summed E-state index contributed by atoms with van der Waals surface area (Å²) in [6, 6.07) is 0. The van der Waals surface area contributed by atoms with Gasteiger partial charge in [-0.15, -0.1) is 11.6 Å². The normalized spacial score (nSPS) is 11.7. The van der Waals surface area contributed by atoms with E-state index in [1.807, 2.05) is 0 Å². The Bertz CT molecular complexity index is 547. The highest BCUT2D eigenvalue weighted by Gasteiger charge is 2.19. The maximum atomic E-state index is 5.75. The molecule has 0 amide bonds. The van der Waals surface area contributed by atoms with Crippen molar-refractivity contribution in [1.82, 2.24) is 0 Å². The number of halogens is 1. The van der Waals surface area contributed by atoms with Gasteiger partial charge in [0.25, 0.3) is 0 Å². The van der Waals surface area contributed by atoms with Crippen molar-refractivity contribution in [3.05, 3.63) is 33.9 Å². The smallest absolute Gasteiger partial charge is 0.126 e. The molecule has 0 aliphatic carbocycles. The summed E-state index contributed by atoms with van der Waals surface area (Å²) in [5.41, 5.74) is 6.28. The van der Waals surface area contributed by atoms with E-state index >= 15 is 0 Å². The monoisotopic (exact) mass is 338 g/mol. The van der Waals surface area contributed by atoms with Crippen molar-refractivity contribution >= 4 is 11.6 Å². The quantitative estimate of drug-likeness (QED) is 0.323. The fourth-order valence-corrected chi connectivity index (χ4v) is 3.28. The van der Waals surface area contributed by atoms with Gasteiger partial charge in [0.2, 0.25) is 0 Å². The van der Waals surface area contributed by atoms with Crippen molar-refractivity contribution in [3.8, 4) is 11.5 Å². The Kier molecular flexibility index (Phi) is 8.54. The van der Waals surface area contributed by atoms with Crippen LogP contribution < -0.4 is 9.47 Å². The fourth-order valence-electron chi connectivity index (χ4n) is 3.09. The van der Waals surface area contributed by atoms with E-state index in [0.717, 1.165) is 49.5 Å². The van der Waals surface area contributed by atoms with Crippen LogP contribution in [-0.2, 0) is 12.8 Å². The Balaban J connectivity index is 3.18. The predicted octanol–water partition coefficient (Wildman–Crippen LogP) is 5.78. The van der Waals surface area contributed by atoms with Crippen molar-refractivity contribution in [2.45, 2.75) is 59.8 Å². The van der Waals surface area contributed by atoms with E-state index in [9.17, 15) is 0 Å². The average Bonchev–Trinajstić information content (AvgIpc) is 2.55. The first kappa shape index (κ1) is 19.9. The Labute approximate surface area is 146 Å². The minimum absolute atomic E-state index is 0.745. The van der Waals surface area contributed by atoms with Gasteiger partial charge in [-0.25, -0.2) is 0 Å². The minimum Gasteiger partial charge on any atom is -0.496 e. The van der Waals surface area contributed by atoms with Gasteiger partial charge < -0.3 is 9.47 Å². The van der Waals surface area contributed by atoms with Crippen LogP contribution in [0.3, 0.4) is 0 Å². The Morgan fingerprint density at radius 2 is 1.57 bits per heavy atom. The van der Waals surface area contributed by atoms with Gasteiger partial charge in [-0.2, -0.15) is 0 Å². The molecule has 0 saturated heterocycles. The van der Waals surface area contributed by atoms with Crippen molar-refractivity contribution in [2.24, 2.45) is 0 Å². The van der Waals surface area contributed by atoms with Crippen LogP contribution in [-0.4, -0.2) is 20.1 Å². The van der Waals surface area contributed by atoms with Gasteiger partial charge in [0.05, 0.1) is 14.2 Å². The SMILES string of the molecule is CCc1c(C/C=C(\C)CCCCCl)c(OC)c(C)c(C)c1OC. The van der Waals surface area contributed by atoms with Gasteiger partial charge in [-0.05, 0) is 64.0 Å². The number of hydrogen-bond donors (Lipinski definition) is 0. The van der Waals surface area contributed by atoms with E-state index in [1.54, 1.807) is 14.2 Å². The van der Waals surface area contributed by atoms with Crippen LogP contribution >= 0.6 is 11.6 Å². The number of alkyl halides is 1. The Morgan fingerprint density at radius 1 is 1.00 bits per heavy atom. The summed E-state index contributed by atoms with van der Waals surface area (Å²) in [5, 5.41) is 0. The number of unbranched alkanes of at least 4 members (excludes halogenated alkanes) is 1. The van der Waals surface area contributed by atoms with E-state index in [0.29, 0.717) is 0 Å². The second-order valence-corrected chi connectivity index (χ2v) is 6.41. The van der Waals surface area contributed by atoms with E-state index in [1.165, 1.54) is 27.8 Å². The Morgan fingerprint density at radius 3 is 2.04 bits per heavy atom. The lowest BCUT2D eigenvalue weighted by Gasteiger charge is -2.21. The van der Waals surface area contributed by atoms with E-state index in [2.05, 4.69) is 33.8 Å². The summed E-state index contributed by atoms with van der Waals surface area (Å²) < 4.78 is 11.4. The van der Waals surface area contributed by atoms with Crippen LogP contribution in [0.5, 0.6) is 11.5 Å². The summed E-state index contributed by atoms with van der Waals surface area (Å²) in [6.07, 6.45) is 7.48. The first-order chi connectivity index (χ1) is 11.0. The van der Waals surface area contributed by atoms with Crippen molar-refractivity contribution < 1.29 is 9.47 Å². The second-order valence-electron chi connectivity index (χ2n) is 6.03. The van der Waals surface area contributed by atoms with Crippen LogP contribution in [0.2, 0.25) is 0 Å². The molecule has 1 aromatic carbocycles. The Hall–Kier alpha value is -1.15. The predicted molar refractivity (Wildman–Crippen MR) is 100 cm³/mol. The lowest BCUT2D eigenvalue weighted by Crippen LogP contribution is -2.05. The first-order valence-electron chi connectivity index (χ1n) is 8.46. The number of benzene rings is 1. The molecule has 2 nitrogen and oxygen atoms in total. The van der Waals surface area contributed by atoms with Crippen molar-refractivity contribution in [3.63, 3.8) is 0 Å². The van der Waals surface area contributed by atoms with Gasteiger partial charge in [0, 0.05) is 17.0 Å². The number of methoxy groups -OCH3 is 2. The zero-order valence-electron chi connectivity index (χ0n) is 15.5. The van der Waals surface area contributed by atoms with Gasteiger partial charge in [-0.3, -0.25) is 0 Å². The highest BCUT2D eigenvalue weighted by molar-refractivity contribution is 6.17. The zero-order valence-corrected chi connectivity index (χ0v) is 16.3. The van der Waals surface area contributed by atoms with Gasteiger partial charge in [0.1, 0.15) is 11.5 Å². The second kappa shape index (κ2) is 9.87. The zero-order chi connectivity index (χ0) is 17.4. The molecule has 0 aliphatic heterocycles. The van der Waals surface area contributed by atoms with Crippen molar-refractivity contribution in [1.29, 1.82) is 0 Å². The molecular weight excluding hydrogens is 308 g/mol. The highest BCUT2D eigenvalue weighted by Crippen LogP contribution is 2.39. The number of ether oxygens (including phenoxy) is 2. The number of rotatable bonds is 9. The lowest BCUT2D eigenvalue weighted by molar-refractivity contribution is 0.390. The molecule has 3 heteroatoms. The van der Waals surface area contributed by atoms with Crippen LogP contribution in [0.4, 0.5) is 0 Å². The molecule has 1 rings (SSSR count). The summed E-state index contributed by atoms with van der Waals surface area (Å²) in [7, 11) is 3.51. The minimum atomic E-state index is 0.745. The van der Waals surface area contributed by atoms with Crippen LogP contribution in [0.25, 0.3) is 0 Å². The molecule has 23 heavy (non-hydrogen) atoms. The van der Waals surface area contributed by atoms with Gasteiger partial charge >= 0.3 is 0 Å². The standard InChI is InChI=1S/C20H31ClO2/c1-7-17-18(12-11-14(2)10-8-9-13-21)20(23-6)16(4)15(3)19(17)22-5/h11H,7-10,12-13H2,1-6H3/b14-11+. The van der Waals surface area contributed by atoms with E-state index < -0.39 is 0 Å². The topological polar surface area (TPSA) is 18.5 Å². The number of allylic oxidation sites excluding steroid dienone is 2. The van der Waals surface area contributed by atoms with Gasteiger partial charge in [-0.1, -0.05) is 18.6 Å². The third-order valence-electron chi connectivity index (χ3n) is 4.53. The molecule has 0 heterocycles. The van der Waals surface area contributed by atoms with Gasteiger partial charge in [0.15, 0.2) is 0 Å². The molecule has 0 unspecified atom stereocenters. The molecule has 0 fully saturated rings.